The number of benzene rings is 2. The Labute approximate surface area is 190 Å². The third kappa shape index (κ3) is 5.69. The van der Waals surface area contributed by atoms with E-state index < -0.39 is 11.7 Å². The van der Waals surface area contributed by atoms with Gasteiger partial charge in [0.1, 0.15) is 5.82 Å². The number of aromatic nitrogens is 2. The first-order chi connectivity index (χ1) is 15.8. The second-order valence-corrected chi connectivity index (χ2v) is 8.12. The van der Waals surface area contributed by atoms with Gasteiger partial charge in [0.15, 0.2) is 5.82 Å². The number of halogens is 3. The summed E-state index contributed by atoms with van der Waals surface area (Å²) in [6.45, 7) is 4.17. The molecule has 0 bridgehead atoms. The zero-order valence-electron chi connectivity index (χ0n) is 18.3. The van der Waals surface area contributed by atoms with Crippen LogP contribution in [0.5, 0.6) is 0 Å². The number of piperazine rings is 1. The second-order valence-electron chi connectivity index (χ2n) is 8.12. The van der Waals surface area contributed by atoms with Gasteiger partial charge < -0.3 is 9.80 Å². The first-order valence-corrected chi connectivity index (χ1v) is 10.9. The summed E-state index contributed by atoms with van der Waals surface area (Å²) in [5, 5.41) is 0. The molecule has 1 aliphatic rings. The lowest BCUT2D eigenvalue weighted by Gasteiger charge is -2.35. The number of hydrogen-bond donors (Lipinski definition) is 0. The van der Waals surface area contributed by atoms with Crippen LogP contribution in [0.4, 0.5) is 19.0 Å². The fourth-order valence-corrected chi connectivity index (χ4v) is 3.92. The van der Waals surface area contributed by atoms with Gasteiger partial charge in [0, 0.05) is 49.9 Å². The highest BCUT2D eigenvalue weighted by molar-refractivity contribution is 5.76. The average molecular weight is 454 g/mol. The first-order valence-electron chi connectivity index (χ1n) is 10.9. The summed E-state index contributed by atoms with van der Waals surface area (Å²) < 4.78 is 39.3. The molecule has 0 aliphatic carbocycles. The van der Waals surface area contributed by atoms with Crippen LogP contribution in [0.15, 0.2) is 60.7 Å². The van der Waals surface area contributed by atoms with E-state index in [1.54, 1.807) is 13.0 Å². The summed E-state index contributed by atoms with van der Waals surface area (Å²) in [5.74, 6) is 1.05. The van der Waals surface area contributed by atoms with Crippen molar-refractivity contribution in [3.05, 3.63) is 77.5 Å². The maximum atomic E-state index is 13.1. The van der Waals surface area contributed by atoms with Crippen LogP contribution in [0, 0.1) is 6.92 Å². The summed E-state index contributed by atoms with van der Waals surface area (Å²) in [7, 11) is 0. The van der Waals surface area contributed by atoms with Crippen LogP contribution in [-0.4, -0.2) is 47.0 Å². The van der Waals surface area contributed by atoms with Gasteiger partial charge in [0.05, 0.1) is 5.56 Å². The number of anilines is 1. The van der Waals surface area contributed by atoms with E-state index in [-0.39, 0.29) is 11.7 Å². The Bertz CT molecular complexity index is 1110. The minimum absolute atomic E-state index is 0.127. The minimum atomic E-state index is -4.42. The van der Waals surface area contributed by atoms with Gasteiger partial charge in [-0.3, -0.25) is 4.79 Å². The van der Waals surface area contributed by atoms with E-state index in [0.29, 0.717) is 56.1 Å². The molecule has 1 amide bonds. The van der Waals surface area contributed by atoms with Crippen molar-refractivity contribution < 1.29 is 18.0 Å². The molecule has 172 valence electrons. The lowest BCUT2D eigenvalue weighted by molar-refractivity contribution is -0.137. The summed E-state index contributed by atoms with van der Waals surface area (Å²) in [6.07, 6.45) is -3.24. The van der Waals surface area contributed by atoms with Crippen molar-refractivity contribution in [2.45, 2.75) is 25.9 Å². The van der Waals surface area contributed by atoms with E-state index >= 15 is 0 Å². The monoisotopic (exact) mass is 454 g/mol. The molecule has 4 rings (SSSR count). The Morgan fingerprint density at radius 3 is 2.36 bits per heavy atom. The van der Waals surface area contributed by atoms with E-state index in [0.717, 1.165) is 17.7 Å². The molecule has 8 heteroatoms. The van der Waals surface area contributed by atoms with Gasteiger partial charge in [-0.25, -0.2) is 9.97 Å². The van der Waals surface area contributed by atoms with Gasteiger partial charge in [-0.2, -0.15) is 13.2 Å². The largest absolute Gasteiger partial charge is 0.416 e. The van der Waals surface area contributed by atoms with Crippen molar-refractivity contribution in [1.29, 1.82) is 0 Å². The number of carbonyl (C=O) groups is 1. The van der Waals surface area contributed by atoms with Crippen molar-refractivity contribution >= 4 is 11.7 Å². The van der Waals surface area contributed by atoms with Crippen LogP contribution >= 0.6 is 0 Å². The van der Waals surface area contributed by atoms with Crippen LogP contribution in [-0.2, 0) is 17.4 Å². The summed E-state index contributed by atoms with van der Waals surface area (Å²) in [5.41, 5.74) is 1.41. The summed E-state index contributed by atoms with van der Waals surface area (Å²) >= 11 is 0. The van der Waals surface area contributed by atoms with Gasteiger partial charge >= 0.3 is 6.18 Å². The molecule has 33 heavy (non-hydrogen) atoms. The van der Waals surface area contributed by atoms with Crippen LogP contribution in [0.1, 0.15) is 23.2 Å². The average Bonchev–Trinajstić information content (AvgIpc) is 2.82. The number of hydrogen-bond acceptors (Lipinski definition) is 4. The maximum absolute atomic E-state index is 13.1. The van der Waals surface area contributed by atoms with E-state index in [4.69, 9.17) is 0 Å². The highest BCUT2D eigenvalue weighted by Crippen LogP contribution is 2.32. The van der Waals surface area contributed by atoms with Gasteiger partial charge in [-0.15, -0.1) is 0 Å². The molecule has 1 saturated heterocycles. The van der Waals surface area contributed by atoms with Crippen molar-refractivity contribution in [1.82, 2.24) is 14.9 Å². The molecule has 5 nitrogen and oxygen atoms in total. The van der Waals surface area contributed by atoms with Gasteiger partial charge in [0.2, 0.25) is 5.91 Å². The standard InChI is InChI=1S/C25H25F3N4O/c1-18-16-22(30-24(29-18)20-8-5-9-21(17-20)25(26,27)28)31-12-14-32(15-13-31)23(33)11-10-19-6-3-2-4-7-19/h2-9,16-17H,10-15H2,1H3. The fourth-order valence-electron chi connectivity index (χ4n) is 3.92. The zero-order valence-corrected chi connectivity index (χ0v) is 18.3. The van der Waals surface area contributed by atoms with Crippen molar-refractivity contribution in [2.24, 2.45) is 0 Å². The van der Waals surface area contributed by atoms with E-state index in [1.807, 2.05) is 46.2 Å². The molecule has 3 aromatic rings. The molecule has 1 aliphatic heterocycles. The number of carbonyl (C=O) groups excluding carboxylic acids is 1. The molecule has 1 fully saturated rings. The number of alkyl halides is 3. The fraction of sp³-hybridized carbons (Fsp3) is 0.320. The number of nitrogens with zero attached hydrogens (tertiary/aromatic N) is 4. The Hall–Kier alpha value is -3.42. The Morgan fingerprint density at radius 1 is 0.939 bits per heavy atom. The van der Waals surface area contributed by atoms with Crippen LogP contribution in [0.25, 0.3) is 11.4 Å². The molecule has 2 aromatic carbocycles. The third-order valence-corrected chi connectivity index (χ3v) is 5.72. The summed E-state index contributed by atoms with van der Waals surface area (Å²) in [6, 6.07) is 16.8. The van der Waals surface area contributed by atoms with Crippen molar-refractivity contribution in [3.8, 4) is 11.4 Å². The topological polar surface area (TPSA) is 49.3 Å². The first kappa shape index (κ1) is 22.8. The lowest BCUT2D eigenvalue weighted by atomic mass is 10.1. The van der Waals surface area contributed by atoms with E-state index in [9.17, 15) is 18.0 Å². The predicted molar refractivity (Wildman–Crippen MR) is 121 cm³/mol. The molecule has 2 heterocycles. The Kier molecular flexibility index (Phi) is 6.62. The molecular formula is C25H25F3N4O. The molecule has 0 spiro atoms. The zero-order chi connectivity index (χ0) is 23.4. The molecule has 0 N–H and O–H groups in total. The number of rotatable bonds is 5. The highest BCUT2D eigenvalue weighted by Gasteiger charge is 2.30. The molecule has 1 aromatic heterocycles. The van der Waals surface area contributed by atoms with Crippen LogP contribution < -0.4 is 4.90 Å². The molecule has 0 radical (unpaired) electrons. The predicted octanol–water partition coefficient (Wildman–Crippen LogP) is 4.75. The van der Waals surface area contributed by atoms with Gasteiger partial charge in [0.25, 0.3) is 0 Å². The molecule has 0 atom stereocenters. The quantitative estimate of drug-likeness (QED) is 0.558. The second kappa shape index (κ2) is 9.60. The third-order valence-electron chi connectivity index (χ3n) is 5.72. The molecular weight excluding hydrogens is 429 g/mol. The normalized spacial score (nSPS) is 14.4. The Morgan fingerprint density at radius 2 is 1.67 bits per heavy atom. The van der Waals surface area contributed by atoms with Gasteiger partial charge in [-0.1, -0.05) is 42.5 Å². The van der Waals surface area contributed by atoms with E-state index in [1.165, 1.54) is 6.07 Å². The van der Waals surface area contributed by atoms with Crippen molar-refractivity contribution in [2.75, 3.05) is 31.1 Å². The van der Waals surface area contributed by atoms with Crippen LogP contribution in [0.2, 0.25) is 0 Å². The van der Waals surface area contributed by atoms with Gasteiger partial charge in [-0.05, 0) is 31.0 Å². The highest BCUT2D eigenvalue weighted by atomic mass is 19.4. The summed E-state index contributed by atoms with van der Waals surface area (Å²) in [4.78, 5) is 25.4. The SMILES string of the molecule is Cc1cc(N2CCN(C(=O)CCc3ccccc3)CC2)nc(-c2cccc(C(F)(F)F)c2)n1. The minimum Gasteiger partial charge on any atom is -0.353 e. The Balaban J connectivity index is 1.42. The van der Waals surface area contributed by atoms with Crippen molar-refractivity contribution in [3.63, 3.8) is 0 Å². The number of amides is 1. The number of aryl methyl sites for hydroxylation is 2. The smallest absolute Gasteiger partial charge is 0.353 e. The molecule has 0 unspecified atom stereocenters. The maximum Gasteiger partial charge on any atom is 0.416 e. The lowest BCUT2D eigenvalue weighted by Crippen LogP contribution is -2.49. The molecule has 0 saturated carbocycles. The van der Waals surface area contributed by atoms with E-state index in [2.05, 4.69) is 9.97 Å². The van der Waals surface area contributed by atoms with Crippen LogP contribution in [0.3, 0.4) is 0 Å².